The summed E-state index contributed by atoms with van der Waals surface area (Å²) < 4.78 is 0. The number of halogens is 1. The van der Waals surface area contributed by atoms with Gasteiger partial charge in [-0.2, -0.15) is 0 Å². The Balaban J connectivity index is 1.95. The first kappa shape index (κ1) is 14.6. The van der Waals surface area contributed by atoms with Crippen molar-refractivity contribution in [3.05, 3.63) is 86.1 Å². The van der Waals surface area contributed by atoms with Crippen molar-refractivity contribution in [2.75, 3.05) is 5.73 Å². The van der Waals surface area contributed by atoms with Crippen LogP contribution in [0, 0.1) is 0 Å². The van der Waals surface area contributed by atoms with Crippen molar-refractivity contribution < 1.29 is 0 Å². The van der Waals surface area contributed by atoms with Gasteiger partial charge < -0.3 is 5.73 Å². The van der Waals surface area contributed by atoms with Crippen molar-refractivity contribution in [1.82, 2.24) is 0 Å². The molecule has 3 heteroatoms. The molecule has 1 nitrogen and oxygen atoms in total. The summed E-state index contributed by atoms with van der Waals surface area (Å²) in [6.45, 7) is 0. The van der Waals surface area contributed by atoms with Gasteiger partial charge in [0.15, 0.2) is 0 Å². The number of hydrogen-bond donors (Lipinski definition) is 1. The van der Waals surface area contributed by atoms with Gasteiger partial charge in [0.2, 0.25) is 0 Å². The summed E-state index contributed by atoms with van der Waals surface area (Å²) in [6.07, 6.45) is 4.33. The Labute approximate surface area is 145 Å². The number of anilines is 1. The molecule has 0 bridgehead atoms. The highest BCUT2D eigenvalue weighted by molar-refractivity contribution is 7.10. The van der Waals surface area contributed by atoms with Crippen LogP contribution in [0.2, 0.25) is 5.02 Å². The molecular weight excluding hydrogens is 322 g/mol. The molecule has 3 aromatic rings. The largest absolute Gasteiger partial charge is 0.399 e. The van der Waals surface area contributed by atoms with E-state index in [-0.39, 0.29) is 0 Å². The first-order chi connectivity index (χ1) is 11.2. The van der Waals surface area contributed by atoms with Crippen molar-refractivity contribution in [2.24, 2.45) is 0 Å². The minimum atomic E-state index is 0.787. The lowest BCUT2D eigenvalue weighted by Crippen LogP contribution is -1.92. The van der Waals surface area contributed by atoms with Gasteiger partial charge in [0.05, 0.1) is 0 Å². The predicted octanol–water partition coefficient (Wildman–Crippen LogP) is 5.67. The van der Waals surface area contributed by atoms with Crippen LogP contribution in [0.5, 0.6) is 0 Å². The molecular formula is C20H16ClNS. The predicted molar refractivity (Wildman–Crippen MR) is 101 cm³/mol. The Hall–Kier alpha value is -2.03. The molecule has 0 spiro atoms. The summed E-state index contributed by atoms with van der Waals surface area (Å²) in [5, 5.41) is 2.98. The first-order valence-electron chi connectivity index (χ1n) is 7.63. The number of nitrogens with two attached hydrogens (primary N) is 1. The molecule has 1 heterocycles. The van der Waals surface area contributed by atoms with Gasteiger partial charge >= 0.3 is 0 Å². The van der Waals surface area contributed by atoms with Crippen LogP contribution in [0.1, 0.15) is 27.1 Å². The van der Waals surface area contributed by atoms with Gasteiger partial charge in [-0.25, -0.2) is 0 Å². The van der Waals surface area contributed by atoms with Crippen LogP contribution >= 0.6 is 22.9 Å². The van der Waals surface area contributed by atoms with E-state index in [9.17, 15) is 0 Å². The lowest BCUT2D eigenvalue weighted by Gasteiger charge is -2.11. The van der Waals surface area contributed by atoms with Crippen LogP contribution in [0.25, 0.3) is 11.6 Å². The highest BCUT2D eigenvalue weighted by atomic mass is 35.5. The molecule has 23 heavy (non-hydrogen) atoms. The van der Waals surface area contributed by atoms with Crippen molar-refractivity contribution in [3.8, 4) is 0 Å². The summed E-state index contributed by atoms with van der Waals surface area (Å²) in [5.41, 5.74) is 13.0. The average Bonchev–Trinajstić information content (AvgIpc) is 2.94. The first-order valence-corrected chi connectivity index (χ1v) is 8.89. The normalized spacial score (nSPS) is 15.1. The smallest absolute Gasteiger partial charge is 0.0409 e. The lowest BCUT2D eigenvalue weighted by molar-refractivity contribution is 0.985. The minimum Gasteiger partial charge on any atom is -0.399 e. The number of aryl methyl sites for hydroxylation is 2. The van der Waals surface area contributed by atoms with E-state index in [0.29, 0.717) is 0 Å². The van der Waals surface area contributed by atoms with E-state index in [0.717, 1.165) is 29.1 Å². The third kappa shape index (κ3) is 2.80. The number of rotatable bonds is 1. The quantitative estimate of drug-likeness (QED) is 0.569. The zero-order chi connectivity index (χ0) is 15.8. The molecule has 0 unspecified atom stereocenters. The molecule has 1 aliphatic rings. The fourth-order valence-corrected chi connectivity index (χ4v) is 4.26. The third-order valence-electron chi connectivity index (χ3n) is 4.24. The number of hydrogen-bond acceptors (Lipinski definition) is 2. The zero-order valence-corrected chi connectivity index (χ0v) is 14.1. The van der Waals surface area contributed by atoms with Gasteiger partial charge in [0, 0.05) is 15.6 Å². The van der Waals surface area contributed by atoms with Crippen molar-refractivity contribution in [3.63, 3.8) is 0 Å². The fourth-order valence-electron chi connectivity index (χ4n) is 3.17. The second-order valence-electron chi connectivity index (χ2n) is 5.79. The summed E-state index contributed by atoms with van der Waals surface area (Å²) in [4.78, 5) is 1.44. The number of thiophene rings is 1. The SMILES string of the molecule is Nc1cccc(/C=C2/c3ccc(Cl)cc3CCc3sccc32)c1. The fraction of sp³-hybridized carbons (Fsp3) is 0.100. The third-order valence-corrected chi connectivity index (χ3v) is 5.45. The van der Waals surface area contributed by atoms with Crippen LogP contribution in [-0.2, 0) is 12.8 Å². The maximum absolute atomic E-state index is 6.21. The van der Waals surface area contributed by atoms with Crippen molar-refractivity contribution in [2.45, 2.75) is 12.8 Å². The van der Waals surface area contributed by atoms with Crippen LogP contribution in [0.15, 0.2) is 53.9 Å². The molecule has 1 aromatic heterocycles. The van der Waals surface area contributed by atoms with Crippen LogP contribution in [-0.4, -0.2) is 0 Å². The Kier molecular flexibility index (Phi) is 3.72. The molecule has 114 valence electrons. The van der Waals surface area contributed by atoms with E-state index in [2.05, 4.69) is 35.7 Å². The molecule has 4 rings (SSSR count). The Bertz CT molecular complexity index is 908. The monoisotopic (exact) mass is 337 g/mol. The van der Waals surface area contributed by atoms with E-state index >= 15 is 0 Å². The highest BCUT2D eigenvalue weighted by Crippen LogP contribution is 2.38. The van der Waals surface area contributed by atoms with Gasteiger partial charge in [0.25, 0.3) is 0 Å². The molecule has 1 aliphatic carbocycles. The van der Waals surface area contributed by atoms with Gasteiger partial charge in [-0.1, -0.05) is 29.8 Å². The van der Waals surface area contributed by atoms with Crippen molar-refractivity contribution >= 4 is 40.3 Å². The molecule has 2 aromatic carbocycles. The molecule has 0 atom stereocenters. The van der Waals surface area contributed by atoms with E-state index < -0.39 is 0 Å². The number of benzene rings is 2. The second kappa shape index (κ2) is 5.88. The molecule has 0 fully saturated rings. The van der Waals surface area contributed by atoms with E-state index in [4.69, 9.17) is 17.3 Å². The minimum absolute atomic E-state index is 0.787. The summed E-state index contributed by atoms with van der Waals surface area (Å²) in [7, 11) is 0. The molecule has 0 saturated carbocycles. The van der Waals surface area contributed by atoms with E-state index in [1.165, 1.54) is 27.1 Å². The van der Waals surface area contributed by atoms with Crippen molar-refractivity contribution in [1.29, 1.82) is 0 Å². The van der Waals surface area contributed by atoms with Gasteiger partial charge in [0.1, 0.15) is 0 Å². The van der Waals surface area contributed by atoms with Gasteiger partial charge in [-0.05, 0) is 82.5 Å². The molecule has 2 N–H and O–H groups in total. The Morgan fingerprint density at radius 3 is 2.78 bits per heavy atom. The van der Waals surface area contributed by atoms with Crippen LogP contribution in [0.4, 0.5) is 5.69 Å². The summed E-state index contributed by atoms with van der Waals surface area (Å²) in [5.74, 6) is 0. The zero-order valence-electron chi connectivity index (χ0n) is 12.6. The van der Waals surface area contributed by atoms with Crippen LogP contribution < -0.4 is 5.73 Å². The number of fused-ring (bicyclic) bond motifs is 2. The standard InChI is InChI=1S/C20H16ClNS/c21-15-5-6-17-14(12-15)4-7-20-18(8-9-23-20)19(17)11-13-2-1-3-16(22)10-13/h1-3,5-6,8-12H,4,7,22H2/b19-11-. The summed E-state index contributed by atoms with van der Waals surface area (Å²) in [6, 6.07) is 16.5. The average molecular weight is 338 g/mol. The topological polar surface area (TPSA) is 26.0 Å². The number of nitrogen functional groups attached to an aromatic ring is 1. The molecule has 0 amide bonds. The Morgan fingerprint density at radius 2 is 1.91 bits per heavy atom. The summed E-state index contributed by atoms with van der Waals surface area (Å²) >= 11 is 8.04. The highest BCUT2D eigenvalue weighted by Gasteiger charge is 2.19. The maximum Gasteiger partial charge on any atom is 0.0409 e. The maximum atomic E-state index is 6.21. The van der Waals surface area contributed by atoms with E-state index in [1.54, 1.807) is 0 Å². The molecule has 0 radical (unpaired) electrons. The second-order valence-corrected chi connectivity index (χ2v) is 7.22. The van der Waals surface area contributed by atoms with Gasteiger partial charge in [-0.3, -0.25) is 0 Å². The Morgan fingerprint density at radius 1 is 1.00 bits per heavy atom. The van der Waals surface area contributed by atoms with Gasteiger partial charge in [-0.15, -0.1) is 11.3 Å². The molecule has 0 saturated heterocycles. The van der Waals surface area contributed by atoms with Crippen LogP contribution in [0.3, 0.4) is 0 Å². The lowest BCUT2D eigenvalue weighted by atomic mass is 9.94. The molecule has 0 aliphatic heterocycles. The van der Waals surface area contributed by atoms with E-state index in [1.807, 2.05) is 35.6 Å².